The zero-order valence-electron chi connectivity index (χ0n) is 15.2. The van der Waals surface area contributed by atoms with Crippen LogP contribution in [0.3, 0.4) is 0 Å². The molecule has 0 bridgehead atoms. The highest BCUT2D eigenvalue weighted by molar-refractivity contribution is 9.10. The number of para-hydroxylation sites is 1. The molecule has 6 heteroatoms. The summed E-state index contributed by atoms with van der Waals surface area (Å²) in [6, 6.07) is 15.0. The molecule has 1 heterocycles. The summed E-state index contributed by atoms with van der Waals surface area (Å²) in [7, 11) is 0. The van der Waals surface area contributed by atoms with Crippen LogP contribution in [0.1, 0.15) is 16.7 Å². The predicted molar refractivity (Wildman–Crippen MR) is 117 cm³/mol. The molecule has 4 rings (SSSR count). The Morgan fingerprint density at radius 2 is 1.93 bits per heavy atom. The van der Waals surface area contributed by atoms with E-state index < -0.39 is 0 Å². The highest BCUT2D eigenvalue weighted by Crippen LogP contribution is 2.32. The second kappa shape index (κ2) is 7.41. The summed E-state index contributed by atoms with van der Waals surface area (Å²) in [6.07, 6.45) is 1.59. The second-order valence-electron chi connectivity index (χ2n) is 6.53. The van der Waals surface area contributed by atoms with Gasteiger partial charge in [0, 0.05) is 22.4 Å². The van der Waals surface area contributed by atoms with Crippen LogP contribution in [0.4, 0.5) is 5.69 Å². The third kappa shape index (κ3) is 3.55. The first-order valence-corrected chi connectivity index (χ1v) is 9.79. The van der Waals surface area contributed by atoms with Crippen molar-refractivity contribution in [2.75, 3.05) is 0 Å². The molecule has 4 aromatic rings. The van der Waals surface area contributed by atoms with Crippen LogP contribution in [0, 0.1) is 13.8 Å². The molecule has 4 nitrogen and oxygen atoms in total. The lowest BCUT2D eigenvalue weighted by molar-refractivity contribution is 0.471. The first kappa shape index (κ1) is 18.7. The maximum absolute atomic E-state index is 10.2. The quantitative estimate of drug-likeness (QED) is 0.339. The molecule has 28 heavy (non-hydrogen) atoms. The van der Waals surface area contributed by atoms with Gasteiger partial charge in [0.2, 0.25) is 5.89 Å². The van der Waals surface area contributed by atoms with E-state index in [0.717, 1.165) is 33.5 Å². The van der Waals surface area contributed by atoms with Crippen LogP contribution in [0.15, 0.2) is 62.4 Å². The molecule has 3 aromatic carbocycles. The van der Waals surface area contributed by atoms with Gasteiger partial charge in [-0.1, -0.05) is 29.8 Å². The molecular weight excluding hydrogens is 440 g/mol. The number of benzene rings is 3. The number of aromatic hydroxyl groups is 1. The number of hydrogen-bond acceptors (Lipinski definition) is 4. The van der Waals surface area contributed by atoms with Crippen molar-refractivity contribution in [2.24, 2.45) is 4.99 Å². The monoisotopic (exact) mass is 454 g/mol. The Morgan fingerprint density at radius 3 is 2.71 bits per heavy atom. The summed E-state index contributed by atoms with van der Waals surface area (Å²) in [6.45, 7) is 3.98. The molecule has 0 unspecified atom stereocenters. The lowest BCUT2D eigenvalue weighted by Gasteiger charge is -2.05. The molecule has 0 atom stereocenters. The molecule has 0 aliphatic carbocycles. The smallest absolute Gasteiger partial charge is 0.227 e. The second-order valence-corrected chi connectivity index (χ2v) is 7.82. The summed E-state index contributed by atoms with van der Waals surface area (Å²) in [5.74, 6) is 0.644. The minimum atomic E-state index is 0.0939. The topological polar surface area (TPSA) is 58.6 Å². The molecule has 1 aromatic heterocycles. The van der Waals surface area contributed by atoms with Crippen molar-refractivity contribution in [1.82, 2.24) is 4.98 Å². The Bertz CT molecular complexity index is 1230. The van der Waals surface area contributed by atoms with E-state index in [4.69, 9.17) is 16.0 Å². The maximum atomic E-state index is 10.2. The third-order valence-corrected chi connectivity index (χ3v) is 5.30. The normalized spacial score (nSPS) is 11.6. The van der Waals surface area contributed by atoms with Crippen LogP contribution in [0.2, 0.25) is 5.02 Å². The van der Waals surface area contributed by atoms with Gasteiger partial charge in [-0.05, 0) is 71.2 Å². The van der Waals surface area contributed by atoms with Gasteiger partial charge in [-0.15, -0.1) is 0 Å². The van der Waals surface area contributed by atoms with Crippen LogP contribution in [-0.2, 0) is 0 Å². The van der Waals surface area contributed by atoms with E-state index in [1.54, 1.807) is 18.3 Å². The van der Waals surface area contributed by atoms with E-state index in [1.807, 2.05) is 50.2 Å². The highest BCUT2D eigenvalue weighted by atomic mass is 79.9. The first-order chi connectivity index (χ1) is 13.4. The number of aromatic nitrogens is 1. The zero-order chi connectivity index (χ0) is 19.8. The van der Waals surface area contributed by atoms with Crippen LogP contribution >= 0.6 is 27.5 Å². The van der Waals surface area contributed by atoms with Gasteiger partial charge in [-0.25, -0.2) is 4.98 Å². The van der Waals surface area contributed by atoms with Gasteiger partial charge in [-0.3, -0.25) is 4.99 Å². The summed E-state index contributed by atoms with van der Waals surface area (Å²) < 4.78 is 6.44. The molecule has 0 aliphatic heterocycles. The number of aliphatic imine (C=N–C) groups is 1. The van der Waals surface area contributed by atoms with E-state index in [2.05, 4.69) is 25.9 Å². The van der Waals surface area contributed by atoms with Gasteiger partial charge in [0.25, 0.3) is 0 Å². The van der Waals surface area contributed by atoms with Crippen LogP contribution in [0.25, 0.3) is 22.6 Å². The average Bonchev–Trinajstić information content (AvgIpc) is 3.10. The van der Waals surface area contributed by atoms with Gasteiger partial charge in [0.1, 0.15) is 11.3 Å². The molecule has 1 N–H and O–H groups in total. The zero-order valence-corrected chi connectivity index (χ0v) is 17.5. The molecule has 0 spiro atoms. The lowest BCUT2D eigenvalue weighted by atomic mass is 10.1. The van der Waals surface area contributed by atoms with E-state index in [9.17, 15) is 5.11 Å². The molecule has 0 aliphatic rings. The van der Waals surface area contributed by atoms with Gasteiger partial charge in [0.05, 0.1) is 10.2 Å². The van der Waals surface area contributed by atoms with E-state index in [1.165, 1.54) is 0 Å². The minimum absolute atomic E-state index is 0.0939. The van der Waals surface area contributed by atoms with Gasteiger partial charge in [-0.2, -0.15) is 0 Å². The summed E-state index contributed by atoms with van der Waals surface area (Å²) in [4.78, 5) is 9.17. The van der Waals surface area contributed by atoms with Gasteiger partial charge < -0.3 is 9.52 Å². The standard InChI is InChI=1S/C22H16BrClN2O2/c1-12-6-7-14(22-26-20-13(2)4-3-5-19(20)28-22)9-18(12)25-11-15-8-16(24)10-17(23)21(15)27/h3-11,27H,1-2H3. The summed E-state index contributed by atoms with van der Waals surface area (Å²) in [5.41, 5.74) is 5.80. The van der Waals surface area contributed by atoms with Crippen molar-refractivity contribution in [1.29, 1.82) is 0 Å². The van der Waals surface area contributed by atoms with Crippen molar-refractivity contribution in [3.8, 4) is 17.2 Å². The Balaban J connectivity index is 1.74. The SMILES string of the molecule is Cc1ccc(-c2nc3c(C)cccc3o2)cc1N=Cc1cc(Cl)cc(Br)c1O. The van der Waals surface area contributed by atoms with Crippen molar-refractivity contribution in [2.45, 2.75) is 13.8 Å². The van der Waals surface area contributed by atoms with Gasteiger partial charge in [0.15, 0.2) is 5.58 Å². The number of nitrogens with zero attached hydrogens (tertiary/aromatic N) is 2. The van der Waals surface area contributed by atoms with Crippen LogP contribution in [-0.4, -0.2) is 16.3 Å². The van der Waals surface area contributed by atoms with E-state index in [0.29, 0.717) is 20.9 Å². The van der Waals surface area contributed by atoms with Crippen molar-refractivity contribution in [3.63, 3.8) is 0 Å². The van der Waals surface area contributed by atoms with Gasteiger partial charge >= 0.3 is 0 Å². The minimum Gasteiger partial charge on any atom is -0.506 e. The number of phenols is 1. The number of oxazole rings is 1. The fourth-order valence-corrected chi connectivity index (χ4v) is 3.75. The number of hydrogen-bond donors (Lipinski definition) is 1. The fraction of sp³-hybridized carbons (Fsp3) is 0.0909. The highest BCUT2D eigenvalue weighted by Gasteiger charge is 2.11. The Morgan fingerprint density at radius 1 is 1.11 bits per heavy atom. The fourth-order valence-electron chi connectivity index (χ4n) is 2.91. The number of aryl methyl sites for hydroxylation is 2. The molecule has 0 radical (unpaired) electrons. The number of phenolic OH excluding ortho intramolecular Hbond substituents is 1. The molecule has 140 valence electrons. The van der Waals surface area contributed by atoms with Crippen LogP contribution in [0.5, 0.6) is 5.75 Å². The van der Waals surface area contributed by atoms with Crippen molar-refractivity contribution in [3.05, 3.63) is 74.7 Å². The maximum Gasteiger partial charge on any atom is 0.227 e. The number of halogens is 2. The molecule has 0 amide bonds. The van der Waals surface area contributed by atoms with Crippen molar-refractivity contribution >= 4 is 50.5 Å². The molecule has 0 saturated carbocycles. The first-order valence-electron chi connectivity index (χ1n) is 8.61. The average molecular weight is 456 g/mol. The Labute approximate surface area is 175 Å². The molecular formula is C22H16BrClN2O2. The Hall–Kier alpha value is -2.63. The molecule has 0 saturated heterocycles. The summed E-state index contributed by atoms with van der Waals surface area (Å²) in [5, 5.41) is 10.7. The van der Waals surface area contributed by atoms with E-state index >= 15 is 0 Å². The summed E-state index contributed by atoms with van der Waals surface area (Å²) >= 11 is 9.35. The predicted octanol–water partition coefficient (Wildman–Crippen LogP) is 6.98. The van der Waals surface area contributed by atoms with Crippen LogP contribution < -0.4 is 0 Å². The third-order valence-electron chi connectivity index (χ3n) is 4.48. The van der Waals surface area contributed by atoms with E-state index in [-0.39, 0.29) is 5.75 Å². The Kier molecular flexibility index (Phi) is 4.96. The number of fused-ring (bicyclic) bond motifs is 1. The number of rotatable bonds is 3. The lowest BCUT2D eigenvalue weighted by Crippen LogP contribution is -1.86. The molecule has 0 fully saturated rings. The van der Waals surface area contributed by atoms with Crippen molar-refractivity contribution < 1.29 is 9.52 Å². The largest absolute Gasteiger partial charge is 0.506 e.